The molecule has 110 valence electrons. The topological polar surface area (TPSA) is 0 Å². The van der Waals surface area contributed by atoms with Gasteiger partial charge in [0.2, 0.25) is 0 Å². The second kappa shape index (κ2) is 10.0. The van der Waals surface area contributed by atoms with Crippen LogP contribution >= 0.6 is 34.8 Å². The summed E-state index contributed by atoms with van der Waals surface area (Å²) in [5, 5.41) is 1.89. The molecule has 2 rings (SSSR count). The van der Waals surface area contributed by atoms with Gasteiger partial charge in [-0.3, -0.25) is 0 Å². The predicted octanol–water partition coefficient (Wildman–Crippen LogP) is 7.12. The minimum Gasteiger partial charge on any atom is -0.207 e. The lowest BCUT2D eigenvalue weighted by molar-refractivity contribution is 0.627. The first-order valence-electron chi connectivity index (χ1n) is 6.23. The first-order valence-corrected chi connectivity index (χ1v) is 7.37. The Morgan fingerprint density at radius 2 is 1.20 bits per heavy atom. The average Bonchev–Trinajstić information content (AvgIpc) is 2.42. The minimum absolute atomic E-state index is 0.286. The fourth-order valence-electron chi connectivity index (χ4n) is 1.13. The molecule has 0 spiro atoms. The van der Waals surface area contributed by atoms with E-state index in [0.717, 1.165) is 16.1 Å². The molecule has 0 heterocycles. The Labute approximate surface area is 135 Å². The molecule has 0 aromatic heterocycles. The molecule has 0 saturated heterocycles. The fraction of sp³-hybridized carbons (Fsp3) is 0.250. The summed E-state index contributed by atoms with van der Waals surface area (Å²) in [5.41, 5.74) is 1.96. The Bertz CT molecular complexity index is 490. The van der Waals surface area contributed by atoms with Gasteiger partial charge in [-0.05, 0) is 49.2 Å². The number of benzene rings is 2. The number of halogens is 4. The molecule has 0 bridgehead atoms. The van der Waals surface area contributed by atoms with Crippen LogP contribution < -0.4 is 0 Å². The van der Waals surface area contributed by atoms with E-state index in [4.69, 9.17) is 34.8 Å². The maximum Gasteiger partial charge on any atom is 0.124 e. The summed E-state index contributed by atoms with van der Waals surface area (Å²) in [6.07, 6.45) is 0. The third-order valence-corrected chi connectivity index (χ3v) is 3.32. The Hall–Kier alpha value is -0.760. The number of hydrogen-bond acceptors (Lipinski definition) is 0. The molecule has 0 fully saturated rings. The molecule has 0 saturated carbocycles. The molecule has 0 aliphatic carbocycles. The SMILES string of the molecule is CC.Cc1ccc(Cl)cc1Cl.Cc1ccc(F)cc1Cl. The number of hydrogen-bond donors (Lipinski definition) is 0. The van der Waals surface area contributed by atoms with Gasteiger partial charge in [0.25, 0.3) is 0 Å². The zero-order valence-corrected chi connectivity index (χ0v) is 14.2. The molecule has 2 aromatic carbocycles. The molecule has 0 atom stereocenters. The third-order valence-electron chi connectivity index (χ3n) is 2.27. The van der Waals surface area contributed by atoms with Crippen molar-refractivity contribution < 1.29 is 4.39 Å². The van der Waals surface area contributed by atoms with Crippen molar-refractivity contribution in [1.29, 1.82) is 0 Å². The van der Waals surface area contributed by atoms with Crippen molar-refractivity contribution in [1.82, 2.24) is 0 Å². The van der Waals surface area contributed by atoms with Crippen LogP contribution in [0, 0.1) is 19.7 Å². The van der Waals surface area contributed by atoms with Crippen LogP contribution in [0.15, 0.2) is 36.4 Å². The molecule has 0 aliphatic heterocycles. The van der Waals surface area contributed by atoms with Crippen molar-refractivity contribution in [2.24, 2.45) is 0 Å². The van der Waals surface area contributed by atoms with Crippen molar-refractivity contribution in [2.45, 2.75) is 27.7 Å². The normalized spacial score (nSPS) is 9.00. The standard InChI is InChI=1S/C7H6Cl2.C7H6ClF.C2H6/c1-5-2-3-6(8)4-7(5)9;1-5-2-3-6(9)4-7(5)8;1-2/h2*2-4H,1H3;1-2H3. The zero-order chi connectivity index (χ0) is 15.7. The van der Waals surface area contributed by atoms with Crippen LogP contribution in [-0.4, -0.2) is 0 Å². The van der Waals surface area contributed by atoms with Crippen molar-refractivity contribution in [3.63, 3.8) is 0 Å². The highest BCUT2D eigenvalue weighted by Crippen LogP contribution is 2.19. The highest BCUT2D eigenvalue weighted by molar-refractivity contribution is 6.35. The van der Waals surface area contributed by atoms with E-state index in [9.17, 15) is 4.39 Å². The van der Waals surface area contributed by atoms with E-state index in [0.29, 0.717) is 10.0 Å². The molecule has 0 unspecified atom stereocenters. The van der Waals surface area contributed by atoms with Crippen LogP contribution in [0.4, 0.5) is 4.39 Å². The lowest BCUT2D eigenvalue weighted by Crippen LogP contribution is -1.76. The van der Waals surface area contributed by atoms with Crippen LogP contribution in [-0.2, 0) is 0 Å². The Morgan fingerprint density at radius 3 is 1.55 bits per heavy atom. The number of aryl methyl sites for hydroxylation is 2. The summed E-state index contributed by atoms with van der Waals surface area (Å²) < 4.78 is 12.3. The van der Waals surface area contributed by atoms with E-state index < -0.39 is 0 Å². The lowest BCUT2D eigenvalue weighted by atomic mass is 10.2. The van der Waals surface area contributed by atoms with E-state index in [-0.39, 0.29) is 5.82 Å². The van der Waals surface area contributed by atoms with Crippen LogP contribution in [0.5, 0.6) is 0 Å². The van der Waals surface area contributed by atoms with Crippen molar-refractivity contribution in [2.75, 3.05) is 0 Å². The van der Waals surface area contributed by atoms with E-state index in [1.165, 1.54) is 12.1 Å². The van der Waals surface area contributed by atoms with Crippen molar-refractivity contribution in [3.05, 3.63) is 68.4 Å². The smallest absolute Gasteiger partial charge is 0.124 e. The third kappa shape index (κ3) is 7.14. The Balaban J connectivity index is 0.000000321. The van der Waals surface area contributed by atoms with Gasteiger partial charge in [0.1, 0.15) is 5.82 Å². The van der Waals surface area contributed by atoms with Gasteiger partial charge in [0, 0.05) is 15.1 Å². The second-order valence-electron chi connectivity index (χ2n) is 3.79. The quantitative estimate of drug-likeness (QED) is 0.481. The summed E-state index contributed by atoms with van der Waals surface area (Å²) in [7, 11) is 0. The van der Waals surface area contributed by atoms with Crippen molar-refractivity contribution >= 4 is 34.8 Å². The maximum atomic E-state index is 12.3. The molecule has 4 heteroatoms. The van der Waals surface area contributed by atoms with Crippen LogP contribution in [0.25, 0.3) is 0 Å². The largest absolute Gasteiger partial charge is 0.207 e. The average molecular weight is 336 g/mol. The zero-order valence-electron chi connectivity index (χ0n) is 12.0. The molecule has 0 radical (unpaired) electrons. The molecule has 20 heavy (non-hydrogen) atoms. The maximum absolute atomic E-state index is 12.3. The highest BCUT2D eigenvalue weighted by atomic mass is 35.5. The van der Waals surface area contributed by atoms with Gasteiger partial charge in [-0.25, -0.2) is 4.39 Å². The first kappa shape index (κ1) is 19.2. The second-order valence-corrected chi connectivity index (χ2v) is 5.04. The monoisotopic (exact) mass is 334 g/mol. The van der Waals surface area contributed by atoms with Gasteiger partial charge in [0.05, 0.1) is 0 Å². The van der Waals surface area contributed by atoms with Crippen LogP contribution in [0.3, 0.4) is 0 Å². The van der Waals surface area contributed by atoms with Gasteiger partial charge in [-0.2, -0.15) is 0 Å². The molecular formula is C16H18Cl3F. The van der Waals surface area contributed by atoms with Gasteiger partial charge in [-0.15, -0.1) is 0 Å². The summed E-state index contributed by atoms with van der Waals surface area (Å²) >= 11 is 16.9. The van der Waals surface area contributed by atoms with Crippen LogP contribution in [0.1, 0.15) is 25.0 Å². The van der Waals surface area contributed by atoms with Gasteiger partial charge < -0.3 is 0 Å². The summed E-state index contributed by atoms with van der Waals surface area (Å²) in [5.74, 6) is -0.286. The van der Waals surface area contributed by atoms with Gasteiger partial charge in [0.15, 0.2) is 0 Å². The van der Waals surface area contributed by atoms with E-state index in [2.05, 4.69) is 0 Å². The minimum atomic E-state index is -0.286. The molecule has 2 aromatic rings. The Kier molecular flexibility index (Phi) is 9.66. The number of rotatable bonds is 0. The van der Waals surface area contributed by atoms with E-state index >= 15 is 0 Å². The van der Waals surface area contributed by atoms with Crippen molar-refractivity contribution in [3.8, 4) is 0 Å². The predicted molar refractivity (Wildman–Crippen MR) is 88.7 cm³/mol. The molecule has 0 N–H and O–H groups in total. The van der Waals surface area contributed by atoms with E-state index in [1.807, 2.05) is 39.8 Å². The molecule has 0 aliphatic rings. The summed E-state index contributed by atoms with van der Waals surface area (Å²) in [4.78, 5) is 0. The molecule has 0 nitrogen and oxygen atoms in total. The van der Waals surface area contributed by atoms with E-state index in [1.54, 1.807) is 12.1 Å². The van der Waals surface area contributed by atoms with Gasteiger partial charge in [-0.1, -0.05) is 60.8 Å². The lowest BCUT2D eigenvalue weighted by Gasteiger charge is -1.94. The highest BCUT2D eigenvalue weighted by Gasteiger charge is 1.94. The molecular weight excluding hydrogens is 318 g/mol. The van der Waals surface area contributed by atoms with Gasteiger partial charge >= 0.3 is 0 Å². The fourth-order valence-corrected chi connectivity index (χ4v) is 1.71. The summed E-state index contributed by atoms with van der Waals surface area (Å²) in [6.45, 7) is 7.78. The summed E-state index contributed by atoms with van der Waals surface area (Å²) in [6, 6.07) is 9.79. The first-order chi connectivity index (χ1) is 9.40. The Morgan fingerprint density at radius 1 is 0.750 bits per heavy atom. The van der Waals surface area contributed by atoms with Crippen LogP contribution in [0.2, 0.25) is 15.1 Å². The molecule has 0 amide bonds.